The largest absolute Gasteiger partial charge is 0.490 e. The normalized spacial score (nSPS) is 11.4. The highest BCUT2D eigenvalue weighted by Gasteiger charge is 2.15. The predicted octanol–water partition coefficient (Wildman–Crippen LogP) is 6.56. The van der Waals surface area contributed by atoms with Crippen molar-refractivity contribution < 1.29 is 18.7 Å². The molecule has 9 heteroatoms. The molecule has 0 saturated heterocycles. The quantitative estimate of drug-likeness (QED) is 0.263. The Morgan fingerprint density at radius 2 is 2.03 bits per heavy atom. The lowest BCUT2D eigenvalue weighted by molar-refractivity contribution is 0.0929. The molecule has 3 aromatic rings. The van der Waals surface area contributed by atoms with Crippen LogP contribution in [0.1, 0.15) is 36.9 Å². The van der Waals surface area contributed by atoms with Gasteiger partial charge in [0.2, 0.25) is 0 Å². The van der Waals surface area contributed by atoms with Crippen molar-refractivity contribution in [3.63, 3.8) is 0 Å². The predicted molar refractivity (Wildman–Crippen MR) is 125 cm³/mol. The highest BCUT2D eigenvalue weighted by atomic mass is 79.9. The van der Waals surface area contributed by atoms with E-state index in [0.29, 0.717) is 34.3 Å². The van der Waals surface area contributed by atoms with Crippen molar-refractivity contribution >= 4 is 66.6 Å². The topological polar surface area (TPSA) is 73.1 Å². The summed E-state index contributed by atoms with van der Waals surface area (Å²) in [6.07, 6.45) is 1.42. The highest BCUT2D eigenvalue weighted by molar-refractivity contribution is 9.11. The van der Waals surface area contributed by atoms with E-state index in [2.05, 4.69) is 42.4 Å². The Labute approximate surface area is 195 Å². The number of hydrazone groups is 1. The number of hydrogen-bond donors (Lipinski definition) is 1. The SMILES string of the molecule is CCOc1cc(/C=N\NC(=O)c2cc3cc(Br)cc(Br)c3o2)cc(Cl)c1OC(C)C. The number of nitrogens with one attached hydrogen (secondary N) is 1. The summed E-state index contributed by atoms with van der Waals surface area (Å²) in [5, 5.41) is 5.19. The molecule has 1 N–H and O–H groups in total. The molecule has 0 aliphatic heterocycles. The molecule has 0 unspecified atom stereocenters. The summed E-state index contributed by atoms with van der Waals surface area (Å²) in [4.78, 5) is 12.4. The molecule has 3 rings (SSSR count). The fraction of sp³-hybridized carbons (Fsp3) is 0.238. The fourth-order valence-corrected chi connectivity index (χ4v) is 4.29. The van der Waals surface area contributed by atoms with E-state index in [-0.39, 0.29) is 11.9 Å². The van der Waals surface area contributed by atoms with Crippen LogP contribution in [-0.4, -0.2) is 24.8 Å². The molecule has 158 valence electrons. The monoisotopic (exact) mass is 556 g/mol. The van der Waals surface area contributed by atoms with E-state index in [1.807, 2.05) is 32.9 Å². The Morgan fingerprint density at radius 1 is 1.27 bits per heavy atom. The number of halogens is 3. The molecule has 0 aliphatic carbocycles. The summed E-state index contributed by atoms with van der Waals surface area (Å²) in [5.41, 5.74) is 3.69. The zero-order valence-electron chi connectivity index (χ0n) is 16.5. The number of furan rings is 1. The number of ether oxygens (including phenoxy) is 2. The van der Waals surface area contributed by atoms with Gasteiger partial charge in [-0.05, 0) is 72.6 Å². The zero-order chi connectivity index (χ0) is 21.8. The lowest BCUT2D eigenvalue weighted by Gasteiger charge is -2.16. The van der Waals surface area contributed by atoms with E-state index in [1.165, 1.54) is 6.21 Å². The van der Waals surface area contributed by atoms with Crippen LogP contribution in [0.2, 0.25) is 5.02 Å². The van der Waals surface area contributed by atoms with Crippen LogP contribution >= 0.6 is 43.5 Å². The number of benzene rings is 2. The van der Waals surface area contributed by atoms with Gasteiger partial charge in [0.25, 0.3) is 0 Å². The minimum Gasteiger partial charge on any atom is -0.490 e. The smallest absolute Gasteiger partial charge is 0.307 e. The molecular weight excluding hydrogens is 540 g/mol. The third-order valence-electron chi connectivity index (χ3n) is 3.82. The van der Waals surface area contributed by atoms with E-state index in [1.54, 1.807) is 18.2 Å². The first-order valence-electron chi connectivity index (χ1n) is 9.13. The van der Waals surface area contributed by atoms with Gasteiger partial charge in [0.1, 0.15) is 5.58 Å². The Bertz CT molecular complexity index is 1110. The van der Waals surface area contributed by atoms with Gasteiger partial charge in [-0.2, -0.15) is 5.10 Å². The molecule has 0 fully saturated rings. The van der Waals surface area contributed by atoms with Crippen molar-refractivity contribution in [2.24, 2.45) is 5.10 Å². The van der Waals surface area contributed by atoms with Gasteiger partial charge >= 0.3 is 5.91 Å². The summed E-state index contributed by atoms with van der Waals surface area (Å²) in [6.45, 7) is 6.15. The van der Waals surface area contributed by atoms with Crippen LogP contribution in [0.3, 0.4) is 0 Å². The summed E-state index contributed by atoms with van der Waals surface area (Å²) in [6, 6.07) is 8.80. The van der Waals surface area contributed by atoms with Crippen molar-refractivity contribution in [3.8, 4) is 11.5 Å². The number of carbonyl (C=O) groups is 1. The van der Waals surface area contributed by atoms with Gasteiger partial charge in [-0.25, -0.2) is 5.43 Å². The van der Waals surface area contributed by atoms with Crippen LogP contribution in [0.5, 0.6) is 11.5 Å². The molecule has 0 bridgehead atoms. The van der Waals surface area contributed by atoms with E-state index < -0.39 is 5.91 Å². The third-order valence-corrected chi connectivity index (χ3v) is 5.15. The van der Waals surface area contributed by atoms with Crippen molar-refractivity contribution in [1.29, 1.82) is 0 Å². The molecule has 0 saturated carbocycles. The molecule has 0 spiro atoms. The lowest BCUT2D eigenvalue weighted by atomic mass is 10.2. The van der Waals surface area contributed by atoms with Crippen LogP contribution in [0.4, 0.5) is 0 Å². The lowest BCUT2D eigenvalue weighted by Crippen LogP contribution is -2.16. The van der Waals surface area contributed by atoms with E-state index >= 15 is 0 Å². The number of nitrogens with zero attached hydrogens (tertiary/aromatic N) is 1. The van der Waals surface area contributed by atoms with E-state index in [9.17, 15) is 4.79 Å². The molecule has 0 radical (unpaired) electrons. The van der Waals surface area contributed by atoms with Gasteiger partial charge in [0.15, 0.2) is 17.3 Å². The molecule has 6 nitrogen and oxygen atoms in total. The second kappa shape index (κ2) is 9.85. The van der Waals surface area contributed by atoms with Gasteiger partial charge in [0.05, 0.1) is 28.4 Å². The molecule has 2 aromatic carbocycles. The standard InChI is InChI=1S/C21H19Br2ClN2O4/c1-4-28-17-6-12(5-16(24)20(17)29-11(2)3)10-25-26-21(27)18-8-13-7-14(22)9-15(23)19(13)30-18/h5-11H,4H2,1-3H3,(H,26,27)/b25-10-. The molecule has 0 atom stereocenters. The van der Waals surface area contributed by atoms with Crippen molar-refractivity contribution in [2.45, 2.75) is 26.9 Å². The van der Waals surface area contributed by atoms with Crippen LogP contribution in [0.25, 0.3) is 11.0 Å². The maximum Gasteiger partial charge on any atom is 0.307 e. The van der Waals surface area contributed by atoms with Crippen molar-refractivity contribution in [3.05, 3.63) is 55.6 Å². The Morgan fingerprint density at radius 3 is 2.73 bits per heavy atom. The number of amides is 1. The molecular formula is C21H19Br2ClN2O4. The van der Waals surface area contributed by atoms with Gasteiger partial charge in [-0.3, -0.25) is 4.79 Å². The molecule has 0 aliphatic rings. The number of fused-ring (bicyclic) bond motifs is 1. The first kappa shape index (κ1) is 22.7. The fourth-order valence-electron chi connectivity index (χ4n) is 2.68. The molecule has 1 aromatic heterocycles. The number of rotatable bonds is 7. The summed E-state index contributed by atoms with van der Waals surface area (Å²) in [5.74, 6) is 0.670. The van der Waals surface area contributed by atoms with Gasteiger partial charge in [-0.15, -0.1) is 0 Å². The summed E-state index contributed by atoms with van der Waals surface area (Å²) in [7, 11) is 0. The van der Waals surface area contributed by atoms with Crippen molar-refractivity contribution in [1.82, 2.24) is 5.43 Å². The van der Waals surface area contributed by atoms with E-state index in [4.69, 9.17) is 25.5 Å². The minimum absolute atomic E-state index is 0.0509. The summed E-state index contributed by atoms with van der Waals surface area (Å²) < 4.78 is 18.6. The molecule has 30 heavy (non-hydrogen) atoms. The Kier molecular flexibility index (Phi) is 7.44. The minimum atomic E-state index is -0.471. The highest BCUT2D eigenvalue weighted by Crippen LogP contribution is 2.37. The Balaban J connectivity index is 1.77. The average Bonchev–Trinajstić information content (AvgIpc) is 3.09. The van der Waals surface area contributed by atoms with E-state index in [0.717, 1.165) is 14.3 Å². The average molecular weight is 559 g/mol. The zero-order valence-corrected chi connectivity index (χ0v) is 20.4. The first-order chi connectivity index (χ1) is 14.3. The maximum absolute atomic E-state index is 12.4. The summed E-state index contributed by atoms with van der Waals surface area (Å²) >= 11 is 13.2. The van der Waals surface area contributed by atoms with Gasteiger partial charge in [0, 0.05) is 9.86 Å². The second-order valence-corrected chi connectivity index (χ2v) is 8.72. The molecule has 1 amide bonds. The van der Waals surface area contributed by atoms with Crippen LogP contribution in [-0.2, 0) is 0 Å². The Hall–Kier alpha value is -2.03. The van der Waals surface area contributed by atoms with Crippen LogP contribution < -0.4 is 14.9 Å². The van der Waals surface area contributed by atoms with Gasteiger partial charge < -0.3 is 13.9 Å². The van der Waals surface area contributed by atoms with Crippen LogP contribution in [0, 0.1) is 0 Å². The molecule has 1 heterocycles. The van der Waals surface area contributed by atoms with Gasteiger partial charge in [-0.1, -0.05) is 27.5 Å². The number of hydrogen-bond acceptors (Lipinski definition) is 5. The first-order valence-corrected chi connectivity index (χ1v) is 11.1. The van der Waals surface area contributed by atoms with Crippen LogP contribution in [0.15, 0.2) is 48.8 Å². The van der Waals surface area contributed by atoms with Crippen molar-refractivity contribution in [2.75, 3.05) is 6.61 Å². The third kappa shape index (κ3) is 5.36. The number of carbonyl (C=O) groups excluding carboxylic acids is 1. The second-order valence-electron chi connectivity index (χ2n) is 6.55. The maximum atomic E-state index is 12.4.